The number of fused-ring (bicyclic) bond motifs is 1. The Morgan fingerprint density at radius 1 is 1.40 bits per heavy atom. The zero-order chi connectivity index (χ0) is 14.3. The summed E-state index contributed by atoms with van der Waals surface area (Å²) in [5.41, 5.74) is 1.08. The summed E-state index contributed by atoms with van der Waals surface area (Å²) in [6.45, 7) is 2.34. The van der Waals surface area contributed by atoms with Gasteiger partial charge < -0.3 is 9.13 Å². The number of alkyl halides is 1. The molecule has 0 aliphatic carbocycles. The summed E-state index contributed by atoms with van der Waals surface area (Å²) in [7, 11) is 1.92. The second-order valence-corrected chi connectivity index (χ2v) is 5.39. The number of aryl methyl sites for hydroxylation is 1. The summed E-state index contributed by atoms with van der Waals surface area (Å²) < 4.78 is 17.7. The minimum atomic E-state index is -0.334. The molecule has 20 heavy (non-hydrogen) atoms. The van der Waals surface area contributed by atoms with Gasteiger partial charge in [-0.05, 0) is 19.1 Å². The van der Waals surface area contributed by atoms with Crippen LogP contribution in [-0.4, -0.2) is 19.1 Å². The van der Waals surface area contributed by atoms with Crippen molar-refractivity contribution in [3.8, 4) is 0 Å². The Balaban J connectivity index is 2.19. The average molecular weight is 293 g/mol. The normalized spacial score (nSPS) is 13.0. The van der Waals surface area contributed by atoms with Gasteiger partial charge in [-0.15, -0.1) is 11.6 Å². The second-order valence-electron chi connectivity index (χ2n) is 4.73. The molecular weight excluding hydrogens is 279 g/mol. The van der Waals surface area contributed by atoms with Gasteiger partial charge in [-0.2, -0.15) is 0 Å². The van der Waals surface area contributed by atoms with Crippen LogP contribution in [0.2, 0.25) is 0 Å². The standard InChI is InChI=1S/C14H14ClFN4/c1-9(15)14-18-13-10(16)4-3-5-11(13)20(14)8-12-17-6-7-19(12)2/h3-7,9H,8H2,1-2H3. The minimum absolute atomic E-state index is 0.304. The summed E-state index contributed by atoms with van der Waals surface area (Å²) in [6.07, 6.45) is 3.61. The zero-order valence-corrected chi connectivity index (χ0v) is 12.0. The van der Waals surface area contributed by atoms with Crippen LogP contribution < -0.4 is 0 Å². The fourth-order valence-corrected chi connectivity index (χ4v) is 2.46. The van der Waals surface area contributed by atoms with Crippen LogP contribution in [-0.2, 0) is 13.6 Å². The van der Waals surface area contributed by atoms with E-state index in [2.05, 4.69) is 9.97 Å². The molecule has 2 heterocycles. The number of aromatic nitrogens is 4. The third kappa shape index (κ3) is 2.08. The van der Waals surface area contributed by atoms with Crippen molar-refractivity contribution in [2.45, 2.75) is 18.8 Å². The van der Waals surface area contributed by atoms with Crippen LogP contribution in [0.1, 0.15) is 23.9 Å². The molecule has 1 atom stereocenters. The lowest BCUT2D eigenvalue weighted by molar-refractivity contribution is 0.637. The third-order valence-electron chi connectivity index (χ3n) is 3.34. The summed E-state index contributed by atoms with van der Waals surface area (Å²) in [5, 5.41) is -0.304. The highest BCUT2D eigenvalue weighted by atomic mass is 35.5. The molecule has 3 aromatic rings. The lowest BCUT2D eigenvalue weighted by Gasteiger charge is -2.10. The Labute approximate surface area is 120 Å². The maximum atomic E-state index is 13.9. The fraction of sp³-hybridized carbons (Fsp3) is 0.286. The number of nitrogens with zero attached hydrogens (tertiary/aromatic N) is 4. The molecule has 0 radical (unpaired) electrons. The number of hydrogen-bond donors (Lipinski definition) is 0. The van der Waals surface area contributed by atoms with Crippen LogP contribution in [0.15, 0.2) is 30.6 Å². The number of imidazole rings is 2. The van der Waals surface area contributed by atoms with Crippen LogP contribution in [0.3, 0.4) is 0 Å². The topological polar surface area (TPSA) is 35.6 Å². The lowest BCUT2D eigenvalue weighted by Crippen LogP contribution is -2.09. The van der Waals surface area contributed by atoms with E-state index < -0.39 is 0 Å². The highest BCUT2D eigenvalue weighted by Crippen LogP contribution is 2.26. The van der Waals surface area contributed by atoms with Crippen LogP contribution in [0, 0.1) is 5.82 Å². The Kier molecular flexibility index (Phi) is 3.22. The smallest absolute Gasteiger partial charge is 0.151 e. The van der Waals surface area contributed by atoms with Crippen molar-refractivity contribution in [3.05, 3.63) is 48.1 Å². The molecule has 2 aromatic heterocycles. The molecule has 0 amide bonds. The molecule has 1 unspecified atom stereocenters. The van der Waals surface area contributed by atoms with Gasteiger partial charge in [-0.1, -0.05) is 6.07 Å². The lowest BCUT2D eigenvalue weighted by atomic mass is 10.3. The van der Waals surface area contributed by atoms with Gasteiger partial charge in [0.15, 0.2) is 5.82 Å². The van der Waals surface area contributed by atoms with Crippen molar-refractivity contribution < 1.29 is 4.39 Å². The number of rotatable bonds is 3. The summed E-state index contributed by atoms with van der Waals surface area (Å²) in [6, 6.07) is 4.93. The molecule has 0 saturated heterocycles. The first-order valence-electron chi connectivity index (χ1n) is 6.33. The van der Waals surface area contributed by atoms with Crippen LogP contribution in [0.4, 0.5) is 4.39 Å². The molecule has 3 rings (SSSR count). The molecule has 6 heteroatoms. The Bertz CT molecular complexity index is 760. The van der Waals surface area contributed by atoms with Gasteiger partial charge >= 0.3 is 0 Å². The number of benzene rings is 1. The highest BCUT2D eigenvalue weighted by molar-refractivity contribution is 6.20. The fourth-order valence-electron chi connectivity index (χ4n) is 2.29. The third-order valence-corrected chi connectivity index (χ3v) is 3.53. The zero-order valence-electron chi connectivity index (χ0n) is 11.2. The molecule has 0 aliphatic heterocycles. The van der Waals surface area contributed by atoms with Gasteiger partial charge in [-0.25, -0.2) is 14.4 Å². The van der Waals surface area contributed by atoms with Gasteiger partial charge in [-0.3, -0.25) is 0 Å². The summed E-state index contributed by atoms with van der Waals surface area (Å²) in [4.78, 5) is 8.64. The molecular formula is C14H14ClFN4. The quantitative estimate of drug-likeness (QED) is 0.695. The summed E-state index contributed by atoms with van der Waals surface area (Å²) in [5.74, 6) is 1.18. The Hall–Kier alpha value is -1.88. The molecule has 1 aromatic carbocycles. The van der Waals surface area contributed by atoms with Crippen molar-refractivity contribution >= 4 is 22.6 Å². The number of hydrogen-bond acceptors (Lipinski definition) is 2. The highest BCUT2D eigenvalue weighted by Gasteiger charge is 2.18. The average Bonchev–Trinajstić information content (AvgIpc) is 2.96. The first-order valence-corrected chi connectivity index (χ1v) is 6.76. The molecule has 0 aliphatic rings. The Morgan fingerprint density at radius 2 is 2.20 bits per heavy atom. The van der Waals surface area contributed by atoms with Crippen LogP contribution in [0.25, 0.3) is 11.0 Å². The van der Waals surface area contributed by atoms with Gasteiger partial charge in [0.05, 0.1) is 17.4 Å². The van der Waals surface area contributed by atoms with E-state index in [1.54, 1.807) is 12.3 Å². The van der Waals surface area contributed by atoms with Crippen LogP contribution >= 0.6 is 11.6 Å². The van der Waals surface area contributed by atoms with Gasteiger partial charge in [0.1, 0.15) is 17.2 Å². The van der Waals surface area contributed by atoms with Crippen molar-refractivity contribution in [1.29, 1.82) is 0 Å². The van der Waals surface area contributed by atoms with Crippen molar-refractivity contribution in [3.63, 3.8) is 0 Å². The van der Waals surface area contributed by atoms with Crippen molar-refractivity contribution in [2.24, 2.45) is 7.05 Å². The molecule has 0 N–H and O–H groups in total. The maximum Gasteiger partial charge on any atom is 0.151 e. The molecule has 104 valence electrons. The van der Waals surface area contributed by atoms with E-state index in [9.17, 15) is 4.39 Å². The van der Waals surface area contributed by atoms with E-state index in [4.69, 9.17) is 11.6 Å². The molecule has 0 saturated carbocycles. The first kappa shape index (κ1) is 13.1. The van der Waals surface area contributed by atoms with E-state index in [0.717, 1.165) is 11.3 Å². The number of para-hydroxylation sites is 1. The van der Waals surface area contributed by atoms with Gasteiger partial charge in [0.2, 0.25) is 0 Å². The Morgan fingerprint density at radius 3 is 2.85 bits per heavy atom. The monoisotopic (exact) mass is 292 g/mol. The SMILES string of the molecule is CC(Cl)c1nc2c(F)cccc2n1Cc1nccn1C. The predicted molar refractivity (Wildman–Crippen MR) is 76.3 cm³/mol. The van der Waals surface area contributed by atoms with E-state index in [-0.39, 0.29) is 11.2 Å². The molecule has 0 fully saturated rings. The second kappa shape index (κ2) is 4.90. The summed E-state index contributed by atoms with van der Waals surface area (Å²) >= 11 is 6.18. The predicted octanol–water partition coefficient (Wildman–Crippen LogP) is 3.26. The van der Waals surface area contributed by atoms with Gasteiger partial charge in [0.25, 0.3) is 0 Å². The molecule has 4 nitrogen and oxygen atoms in total. The first-order chi connectivity index (χ1) is 9.58. The molecule has 0 bridgehead atoms. The molecule has 0 spiro atoms. The number of halogens is 2. The minimum Gasteiger partial charge on any atom is -0.337 e. The van der Waals surface area contributed by atoms with E-state index in [0.29, 0.717) is 17.9 Å². The largest absolute Gasteiger partial charge is 0.337 e. The van der Waals surface area contributed by atoms with Gasteiger partial charge in [0, 0.05) is 19.4 Å². The van der Waals surface area contributed by atoms with E-state index in [1.807, 2.05) is 35.4 Å². The van der Waals surface area contributed by atoms with E-state index >= 15 is 0 Å². The van der Waals surface area contributed by atoms with Crippen molar-refractivity contribution in [1.82, 2.24) is 19.1 Å². The maximum absolute atomic E-state index is 13.9. The van der Waals surface area contributed by atoms with Crippen LogP contribution in [0.5, 0.6) is 0 Å². The van der Waals surface area contributed by atoms with Crippen molar-refractivity contribution in [2.75, 3.05) is 0 Å². The van der Waals surface area contributed by atoms with E-state index in [1.165, 1.54) is 6.07 Å².